The molecular weight excluding hydrogens is 408 g/mol. The summed E-state index contributed by atoms with van der Waals surface area (Å²) in [5.74, 6) is 4.96. The second-order valence-electron chi connectivity index (χ2n) is 7.38. The van der Waals surface area contributed by atoms with Gasteiger partial charge < -0.3 is 0 Å². The van der Waals surface area contributed by atoms with Crippen LogP contribution in [0.5, 0.6) is 0 Å². The van der Waals surface area contributed by atoms with Crippen LogP contribution in [0.1, 0.15) is 46.7 Å². The molecule has 0 unspecified atom stereocenters. The van der Waals surface area contributed by atoms with Gasteiger partial charge in [0.05, 0.1) is 5.16 Å². The quantitative estimate of drug-likeness (QED) is 0.246. The van der Waals surface area contributed by atoms with E-state index < -0.39 is 17.3 Å². The molecule has 0 radical (unpaired) electrons. The summed E-state index contributed by atoms with van der Waals surface area (Å²) in [5.41, 5.74) is 6.46. The monoisotopic (exact) mass is 427 g/mol. The Bertz CT molecular complexity index is 1260. The molecule has 0 N–H and O–H groups in total. The van der Waals surface area contributed by atoms with E-state index >= 15 is 0 Å². The van der Waals surface area contributed by atoms with Crippen molar-refractivity contribution in [3.05, 3.63) is 99.6 Å². The third-order valence-corrected chi connectivity index (χ3v) is 5.49. The Morgan fingerprint density at radius 3 is 2.26 bits per heavy atom. The van der Waals surface area contributed by atoms with Crippen LogP contribution in [0, 0.1) is 23.5 Å². The summed E-state index contributed by atoms with van der Waals surface area (Å²) in [6.45, 7) is 2.13. The maximum Gasteiger partial charge on any atom is 0.153 e. The van der Waals surface area contributed by atoms with Crippen molar-refractivity contribution in [3.63, 3.8) is 0 Å². The zero-order valence-corrected chi connectivity index (χ0v) is 17.8. The van der Waals surface area contributed by atoms with Gasteiger partial charge in [-0.15, -0.1) is 0 Å². The van der Waals surface area contributed by atoms with E-state index in [9.17, 15) is 8.78 Å². The number of halogens is 2. The Labute approximate surface area is 186 Å². The number of hydrogen-bond donors (Lipinski definition) is 0. The minimum atomic E-state index is -0.739. The van der Waals surface area contributed by atoms with Gasteiger partial charge >= 0.3 is 0 Å². The smallest absolute Gasteiger partial charge is 0.153 e. The fraction of sp³-hybridized carbons (Fsp3) is 0.148. The first kappa shape index (κ1) is 20.9. The van der Waals surface area contributed by atoms with Crippen molar-refractivity contribution < 1.29 is 8.78 Å². The molecule has 0 aromatic heterocycles. The molecule has 1 aliphatic rings. The van der Waals surface area contributed by atoms with Crippen LogP contribution in [-0.4, -0.2) is 5.16 Å². The van der Waals surface area contributed by atoms with Crippen molar-refractivity contribution >= 4 is 34.7 Å². The van der Waals surface area contributed by atoms with Gasteiger partial charge in [0, 0.05) is 11.1 Å². The molecule has 1 aliphatic carbocycles. The zero-order chi connectivity index (χ0) is 21.8. The first-order chi connectivity index (χ1) is 15.1. The number of isothiocyanates is 1. The van der Waals surface area contributed by atoms with E-state index in [-0.39, 0.29) is 0 Å². The van der Waals surface area contributed by atoms with Gasteiger partial charge in [0.1, 0.15) is 5.69 Å². The van der Waals surface area contributed by atoms with Gasteiger partial charge in [-0.3, -0.25) is 0 Å². The molecule has 0 saturated carbocycles. The van der Waals surface area contributed by atoms with Crippen molar-refractivity contribution in [2.24, 2.45) is 4.99 Å². The number of nitrogens with zero attached hydrogens (tertiary/aromatic N) is 1. The molecule has 1 nitrogen and oxygen atoms in total. The summed E-state index contributed by atoms with van der Waals surface area (Å²) >= 11 is 4.45. The highest BCUT2D eigenvalue weighted by atomic mass is 32.1. The number of rotatable bonds is 3. The van der Waals surface area contributed by atoms with Gasteiger partial charge in [0.25, 0.3) is 0 Å². The highest BCUT2D eigenvalue weighted by Gasteiger charge is 2.16. The lowest BCUT2D eigenvalue weighted by Gasteiger charge is -2.17. The van der Waals surface area contributed by atoms with Crippen LogP contribution in [0.3, 0.4) is 0 Å². The lowest BCUT2D eigenvalue weighted by atomic mass is 9.87. The van der Waals surface area contributed by atoms with Crippen LogP contribution in [0.2, 0.25) is 0 Å². The molecule has 4 rings (SSSR count). The van der Waals surface area contributed by atoms with Crippen molar-refractivity contribution in [2.75, 3.05) is 0 Å². The Balaban J connectivity index is 1.59. The zero-order valence-electron chi connectivity index (χ0n) is 17.0. The Kier molecular flexibility index (Phi) is 6.18. The maximum atomic E-state index is 14.2. The molecule has 0 heterocycles. The van der Waals surface area contributed by atoms with E-state index in [4.69, 9.17) is 0 Å². The molecule has 0 saturated heterocycles. The van der Waals surface area contributed by atoms with E-state index in [1.54, 1.807) is 0 Å². The summed E-state index contributed by atoms with van der Waals surface area (Å²) in [6.07, 6.45) is 4.47. The second-order valence-corrected chi connectivity index (χ2v) is 7.56. The lowest BCUT2D eigenvalue weighted by molar-refractivity contribution is 0.587. The molecule has 0 aliphatic heterocycles. The van der Waals surface area contributed by atoms with Crippen LogP contribution in [0.4, 0.5) is 14.5 Å². The number of hydrogen-bond acceptors (Lipinski definition) is 2. The van der Waals surface area contributed by atoms with Crippen LogP contribution in [0.25, 0.3) is 11.6 Å². The lowest BCUT2D eigenvalue weighted by Crippen LogP contribution is -2.00. The summed E-state index contributed by atoms with van der Waals surface area (Å²) in [6, 6.07) is 17.0. The molecule has 31 heavy (non-hydrogen) atoms. The van der Waals surface area contributed by atoms with Gasteiger partial charge in [0.2, 0.25) is 0 Å². The predicted octanol–water partition coefficient (Wildman–Crippen LogP) is 7.15. The first-order valence-electron chi connectivity index (χ1n) is 10.1. The van der Waals surface area contributed by atoms with Gasteiger partial charge in [-0.1, -0.05) is 43.0 Å². The number of allylic oxidation sites excluding steroid dienone is 1. The standard InChI is InChI=1S/C27H19F2NS/c1-2-18-3-5-19(6-4-18)7-8-20-9-10-22-14-23(12-11-21(22)13-20)24-15-25(28)27(30-17-31)26(29)16-24/h3-6,9-10,13-16H,2,11-12H2,1H3. The molecule has 0 bridgehead atoms. The minimum Gasteiger partial charge on any atom is -0.204 e. The summed E-state index contributed by atoms with van der Waals surface area (Å²) in [4.78, 5) is 3.47. The normalized spacial score (nSPS) is 12.2. The fourth-order valence-corrected chi connectivity index (χ4v) is 3.76. The SMILES string of the molecule is CCc1ccc(C#Cc2ccc3c(c2)CCC(c2cc(F)c(N=C=S)c(F)c2)=C3)cc1. The van der Waals surface area contributed by atoms with E-state index in [2.05, 4.69) is 54.2 Å². The molecular formula is C27H19F2NS. The topological polar surface area (TPSA) is 12.4 Å². The third-order valence-electron chi connectivity index (χ3n) is 5.39. The number of benzene rings is 3. The molecule has 4 heteroatoms. The average Bonchev–Trinajstić information content (AvgIpc) is 2.79. The van der Waals surface area contributed by atoms with Gasteiger partial charge in [-0.25, -0.2) is 8.78 Å². The molecule has 3 aromatic carbocycles. The van der Waals surface area contributed by atoms with Crippen molar-refractivity contribution in [1.29, 1.82) is 0 Å². The Hall–Kier alpha value is -3.38. The third kappa shape index (κ3) is 4.70. The molecule has 0 spiro atoms. The number of aliphatic imine (C=N–C) groups is 1. The van der Waals surface area contributed by atoms with Crippen molar-refractivity contribution in [1.82, 2.24) is 0 Å². The van der Waals surface area contributed by atoms with E-state index in [0.29, 0.717) is 12.0 Å². The Morgan fingerprint density at radius 2 is 1.58 bits per heavy atom. The van der Waals surface area contributed by atoms with E-state index in [1.807, 2.05) is 35.5 Å². The van der Waals surface area contributed by atoms with Crippen LogP contribution < -0.4 is 0 Å². The molecule has 152 valence electrons. The largest absolute Gasteiger partial charge is 0.204 e. The van der Waals surface area contributed by atoms with Gasteiger partial charge in [-0.05, 0) is 95.7 Å². The number of aryl methyl sites for hydroxylation is 2. The van der Waals surface area contributed by atoms with Crippen LogP contribution in [0.15, 0.2) is 59.6 Å². The van der Waals surface area contributed by atoms with E-state index in [1.165, 1.54) is 23.3 Å². The minimum absolute atomic E-state index is 0.400. The highest BCUT2D eigenvalue weighted by molar-refractivity contribution is 7.78. The molecule has 0 atom stereocenters. The summed E-state index contributed by atoms with van der Waals surface area (Å²) < 4.78 is 28.4. The van der Waals surface area contributed by atoms with Crippen LogP contribution in [-0.2, 0) is 12.8 Å². The highest BCUT2D eigenvalue weighted by Crippen LogP contribution is 2.34. The molecule has 0 fully saturated rings. The number of fused-ring (bicyclic) bond motifs is 1. The number of thiocarbonyl (C=S) groups is 1. The van der Waals surface area contributed by atoms with Gasteiger partial charge in [0.15, 0.2) is 11.6 Å². The maximum absolute atomic E-state index is 14.2. The average molecular weight is 428 g/mol. The van der Waals surface area contributed by atoms with Gasteiger partial charge in [-0.2, -0.15) is 4.99 Å². The van der Waals surface area contributed by atoms with Crippen LogP contribution >= 0.6 is 12.2 Å². The molecule has 3 aromatic rings. The Morgan fingerprint density at radius 1 is 0.903 bits per heavy atom. The summed E-state index contributed by atoms with van der Waals surface area (Å²) in [5, 5.41) is 2.01. The second kappa shape index (κ2) is 9.18. The van der Waals surface area contributed by atoms with E-state index in [0.717, 1.165) is 35.1 Å². The fourth-order valence-electron chi connectivity index (χ4n) is 3.67. The molecule has 0 amide bonds. The first-order valence-corrected chi connectivity index (χ1v) is 10.5. The predicted molar refractivity (Wildman–Crippen MR) is 125 cm³/mol. The van der Waals surface area contributed by atoms with Crippen molar-refractivity contribution in [3.8, 4) is 11.8 Å². The summed E-state index contributed by atoms with van der Waals surface area (Å²) in [7, 11) is 0. The van der Waals surface area contributed by atoms with Crippen molar-refractivity contribution in [2.45, 2.75) is 26.2 Å².